The number of carbonyl (C=O) groups excluding carboxylic acids is 1. The van der Waals surface area contributed by atoms with Gasteiger partial charge in [-0.05, 0) is 24.3 Å². The highest BCUT2D eigenvalue weighted by Gasteiger charge is 2.01. The molecular weight excluding hydrogens is 254 g/mol. The zero-order chi connectivity index (χ0) is 12.5. The number of hydrogen-bond acceptors (Lipinski definition) is 2. The van der Waals surface area contributed by atoms with Gasteiger partial charge in [-0.2, -0.15) is 0 Å². The number of carbonyl (C=O) groups is 1. The lowest BCUT2D eigenvalue weighted by molar-refractivity contribution is -0.120. The highest BCUT2D eigenvalue weighted by molar-refractivity contribution is 7.99. The molecule has 0 spiro atoms. The second-order valence-corrected chi connectivity index (χ2v) is 5.26. The molecule has 2 nitrogen and oxygen atoms in total. The van der Waals surface area contributed by atoms with Crippen LogP contribution in [0.5, 0.6) is 0 Å². The summed E-state index contributed by atoms with van der Waals surface area (Å²) in [5.74, 6) is 0.972. The molecule has 0 heterocycles. The molecule has 0 saturated heterocycles. The summed E-state index contributed by atoms with van der Waals surface area (Å²) in [7, 11) is 0. The summed E-state index contributed by atoms with van der Waals surface area (Å²) in [4.78, 5) is 12.6. The van der Waals surface area contributed by atoms with E-state index in [1.165, 1.54) is 4.90 Å². The van der Waals surface area contributed by atoms with Gasteiger partial charge < -0.3 is 5.32 Å². The number of nitrogens with one attached hydrogen (secondary N) is 1. The van der Waals surface area contributed by atoms with Crippen LogP contribution in [-0.4, -0.2) is 18.2 Å². The third-order valence-corrected chi connectivity index (χ3v) is 3.27. The topological polar surface area (TPSA) is 29.1 Å². The van der Waals surface area contributed by atoms with Crippen molar-refractivity contribution in [2.45, 2.75) is 17.7 Å². The first kappa shape index (κ1) is 14.1. The van der Waals surface area contributed by atoms with Gasteiger partial charge in [-0.1, -0.05) is 36.4 Å². The van der Waals surface area contributed by atoms with E-state index in [9.17, 15) is 4.79 Å². The van der Waals surface area contributed by atoms with Crippen LogP contribution in [0.4, 0.5) is 0 Å². The number of amides is 1. The van der Waals surface area contributed by atoms with Crippen LogP contribution in [0.3, 0.4) is 0 Å². The Labute approximate surface area is 111 Å². The van der Waals surface area contributed by atoms with E-state index in [2.05, 4.69) is 24.0 Å². The van der Waals surface area contributed by atoms with Gasteiger partial charge in [0.1, 0.15) is 0 Å². The largest absolute Gasteiger partial charge is 0.351 e. The molecule has 1 aromatic carbocycles. The maximum absolute atomic E-state index is 11.3. The lowest BCUT2D eigenvalue weighted by Crippen LogP contribution is -2.24. The molecule has 0 aliphatic heterocycles. The van der Waals surface area contributed by atoms with Gasteiger partial charge >= 0.3 is 0 Å². The van der Waals surface area contributed by atoms with Crippen molar-refractivity contribution < 1.29 is 4.79 Å². The Morgan fingerprint density at radius 1 is 1.35 bits per heavy atom. The summed E-state index contributed by atoms with van der Waals surface area (Å²) in [6.07, 6.45) is 1.39. The first-order valence-electron chi connectivity index (χ1n) is 5.46. The lowest BCUT2D eigenvalue weighted by atomic mass is 10.3. The van der Waals surface area contributed by atoms with Crippen LogP contribution in [0, 0.1) is 0 Å². The fourth-order valence-electron chi connectivity index (χ4n) is 1.22. The first-order valence-corrected chi connectivity index (χ1v) is 6.82. The van der Waals surface area contributed by atoms with E-state index in [0.717, 1.165) is 12.2 Å². The maximum atomic E-state index is 11.3. The van der Waals surface area contributed by atoms with Crippen LogP contribution < -0.4 is 5.32 Å². The maximum Gasteiger partial charge on any atom is 0.220 e. The van der Waals surface area contributed by atoms with E-state index < -0.39 is 0 Å². The summed E-state index contributed by atoms with van der Waals surface area (Å²) in [6.45, 7) is 3.86. The van der Waals surface area contributed by atoms with Crippen LogP contribution in [0.15, 0.2) is 46.8 Å². The Bertz CT molecular complexity index is 367. The predicted octanol–water partition coefficient (Wildman–Crippen LogP) is 3.43. The van der Waals surface area contributed by atoms with E-state index in [1.54, 1.807) is 11.8 Å². The Morgan fingerprint density at radius 3 is 2.71 bits per heavy atom. The quantitative estimate of drug-likeness (QED) is 0.607. The van der Waals surface area contributed by atoms with Crippen molar-refractivity contribution in [3.63, 3.8) is 0 Å². The molecule has 0 atom stereocenters. The van der Waals surface area contributed by atoms with E-state index in [4.69, 9.17) is 11.6 Å². The average molecular weight is 270 g/mol. The van der Waals surface area contributed by atoms with Gasteiger partial charge in [0, 0.05) is 16.3 Å². The van der Waals surface area contributed by atoms with Crippen LogP contribution in [0.2, 0.25) is 0 Å². The molecule has 1 aromatic rings. The van der Waals surface area contributed by atoms with Crippen molar-refractivity contribution in [3.05, 3.63) is 41.9 Å². The molecule has 4 heteroatoms. The number of hydrogen-bond donors (Lipinski definition) is 1. The van der Waals surface area contributed by atoms with Crippen LogP contribution in [0.25, 0.3) is 0 Å². The minimum Gasteiger partial charge on any atom is -0.351 e. The predicted molar refractivity (Wildman–Crippen MR) is 74.4 cm³/mol. The van der Waals surface area contributed by atoms with Crippen LogP contribution in [-0.2, 0) is 4.79 Å². The first-order chi connectivity index (χ1) is 8.18. The molecule has 17 heavy (non-hydrogen) atoms. The molecule has 0 aromatic heterocycles. The van der Waals surface area contributed by atoms with E-state index in [1.807, 2.05) is 18.2 Å². The Kier molecular flexibility index (Phi) is 6.82. The van der Waals surface area contributed by atoms with Gasteiger partial charge in [-0.15, -0.1) is 11.8 Å². The summed E-state index contributed by atoms with van der Waals surface area (Å²) in [6, 6.07) is 10.2. The zero-order valence-electron chi connectivity index (χ0n) is 9.62. The van der Waals surface area contributed by atoms with Crippen molar-refractivity contribution in [1.29, 1.82) is 0 Å². The van der Waals surface area contributed by atoms with E-state index in [-0.39, 0.29) is 5.91 Å². The SMILES string of the molecule is C=C(Cl)CNC(=O)CCCSc1ccccc1. The molecular formula is C13H16ClNOS. The van der Waals surface area contributed by atoms with Gasteiger partial charge in [-0.25, -0.2) is 0 Å². The highest BCUT2D eigenvalue weighted by Crippen LogP contribution is 2.18. The molecule has 0 aliphatic rings. The molecule has 0 unspecified atom stereocenters. The third kappa shape index (κ3) is 7.08. The Hall–Kier alpha value is -0.930. The summed E-state index contributed by atoms with van der Waals surface area (Å²) >= 11 is 7.31. The van der Waals surface area contributed by atoms with Gasteiger partial charge in [0.2, 0.25) is 5.91 Å². The standard InChI is InChI=1S/C13H16ClNOS/c1-11(14)10-15-13(16)8-5-9-17-12-6-3-2-4-7-12/h2-4,6-7H,1,5,8-10H2,(H,15,16). The van der Waals surface area contributed by atoms with Crippen molar-refractivity contribution in [1.82, 2.24) is 5.32 Å². The molecule has 0 radical (unpaired) electrons. The van der Waals surface area contributed by atoms with Gasteiger partial charge in [-0.3, -0.25) is 4.79 Å². The fraction of sp³-hybridized carbons (Fsp3) is 0.308. The highest BCUT2D eigenvalue weighted by atomic mass is 35.5. The molecule has 0 saturated carbocycles. The second-order valence-electron chi connectivity index (χ2n) is 3.56. The van der Waals surface area contributed by atoms with Gasteiger partial charge in [0.15, 0.2) is 0 Å². The zero-order valence-corrected chi connectivity index (χ0v) is 11.2. The number of benzene rings is 1. The molecule has 0 fully saturated rings. The molecule has 0 bridgehead atoms. The van der Waals surface area contributed by atoms with Crippen LogP contribution in [0.1, 0.15) is 12.8 Å². The van der Waals surface area contributed by atoms with Gasteiger partial charge in [0.25, 0.3) is 0 Å². The van der Waals surface area contributed by atoms with Crippen LogP contribution >= 0.6 is 23.4 Å². The smallest absolute Gasteiger partial charge is 0.220 e. The molecule has 1 amide bonds. The van der Waals surface area contributed by atoms with Crippen molar-refractivity contribution in [2.75, 3.05) is 12.3 Å². The van der Waals surface area contributed by atoms with Crippen molar-refractivity contribution in [2.24, 2.45) is 0 Å². The Balaban J connectivity index is 2.08. The number of halogens is 1. The molecule has 92 valence electrons. The third-order valence-electron chi connectivity index (χ3n) is 2.04. The number of thioether (sulfide) groups is 1. The lowest BCUT2D eigenvalue weighted by Gasteiger charge is -2.03. The van der Waals surface area contributed by atoms with E-state index >= 15 is 0 Å². The molecule has 1 N–H and O–H groups in total. The van der Waals surface area contributed by atoms with Crippen molar-refractivity contribution >= 4 is 29.3 Å². The number of rotatable bonds is 7. The average Bonchev–Trinajstić information content (AvgIpc) is 2.33. The summed E-state index contributed by atoms with van der Waals surface area (Å²) in [5.41, 5.74) is 0. The second kappa shape index (κ2) is 8.20. The normalized spacial score (nSPS) is 9.94. The van der Waals surface area contributed by atoms with E-state index in [0.29, 0.717) is 18.0 Å². The summed E-state index contributed by atoms with van der Waals surface area (Å²) in [5, 5.41) is 3.16. The minimum absolute atomic E-state index is 0.0282. The monoisotopic (exact) mass is 269 g/mol. The Morgan fingerprint density at radius 2 is 2.06 bits per heavy atom. The fourth-order valence-corrected chi connectivity index (χ4v) is 2.16. The molecule has 0 aliphatic carbocycles. The molecule has 1 rings (SSSR count). The summed E-state index contributed by atoms with van der Waals surface area (Å²) < 4.78 is 0. The minimum atomic E-state index is 0.0282. The van der Waals surface area contributed by atoms with Gasteiger partial charge in [0.05, 0.1) is 6.54 Å². The van der Waals surface area contributed by atoms with Crippen molar-refractivity contribution in [3.8, 4) is 0 Å².